The highest BCUT2D eigenvalue weighted by molar-refractivity contribution is 5.31. The van der Waals surface area contributed by atoms with Crippen LogP contribution in [0, 0.1) is 5.82 Å². The Hall–Kier alpha value is -2.01. The Labute approximate surface area is 92.3 Å². The summed E-state index contributed by atoms with van der Waals surface area (Å²) < 4.78 is 12.9. The van der Waals surface area contributed by atoms with E-state index >= 15 is 0 Å². The third-order valence-corrected chi connectivity index (χ3v) is 2.10. The number of nitrogens with zero attached hydrogens (tertiary/aromatic N) is 2. The van der Waals surface area contributed by atoms with Gasteiger partial charge in [-0.2, -0.15) is 0 Å². The molecule has 16 heavy (non-hydrogen) atoms. The van der Waals surface area contributed by atoms with Crippen molar-refractivity contribution >= 4 is 5.82 Å². The molecule has 0 atom stereocenters. The second-order valence-corrected chi connectivity index (χ2v) is 3.31. The maximum Gasteiger partial charge on any atom is 0.143 e. The molecule has 0 spiro atoms. The quantitative estimate of drug-likeness (QED) is 0.605. The average molecular weight is 218 g/mol. The van der Waals surface area contributed by atoms with Crippen molar-refractivity contribution in [3.8, 4) is 0 Å². The molecule has 0 aliphatic heterocycles. The van der Waals surface area contributed by atoms with E-state index in [0.717, 1.165) is 5.56 Å². The lowest BCUT2D eigenvalue weighted by molar-refractivity contribution is 0.626. The Morgan fingerprint density at radius 3 is 2.94 bits per heavy atom. The molecule has 5 heteroatoms. The van der Waals surface area contributed by atoms with Gasteiger partial charge in [-0.15, -0.1) is 0 Å². The number of hydrazine groups is 1. The smallest absolute Gasteiger partial charge is 0.143 e. The number of benzene rings is 1. The van der Waals surface area contributed by atoms with Crippen molar-refractivity contribution in [1.82, 2.24) is 9.97 Å². The van der Waals surface area contributed by atoms with Crippen molar-refractivity contribution in [3.05, 3.63) is 53.7 Å². The van der Waals surface area contributed by atoms with E-state index in [1.165, 1.54) is 12.1 Å². The van der Waals surface area contributed by atoms with E-state index in [1.54, 1.807) is 18.3 Å². The minimum absolute atomic E-state index is 0.259. The molecule has 0 amide bonds. The summed E-state index contributed by atoms with van der Waals surface area (Å²) in [6.07, 6.45) is 2.09. The summed E-state index contributed by atoms with van der Waals surface area (Å²) in [6.45, 7) is 0. The molecule has 0 saturated heterocycles. The molecule has 4 nitrogen and oxygen atoms in total. The SMILES string of the molecule is NNc1ccnc(Cc2cccc(F)c2)n1. The molecule has 2 aromatic rings. The van der Waals surface area contributed by atoms with E-state index in [0.29, 0.717) is 18.1 Å². The van der Waals surface area contributed by atoms with Crippen molar-refractivity contribution in [3.63, 3.8) is 0 Å². The monoisotopic (exact) mass is 218 g/mol. The van der Waals surface area contributed by atoms with Gasteiger partial charge < -0.3 is 5.43 Å². The van der Waals surface area contributed by atoms with Crippen molar-refractivity contribution in [1.29, 1.82) is 0 Å². The number of anilines is 1. The Balaban J connectivity index is 2.20. The topological polar surface area (TPSA) is 63.8 Å². The molecule has 0 radical (unpaired) electrons. The first-order valence-corrected chi connectivity index (χ1v) is 4.81. The molecule has 1 aromatic carbocycles. The summed E-state index contributed by atoms with van der Waals surface area (Å²) >= 11 is 0. The van der Waals surface area contributed by atoms with Gasteiger partial charge in [0.15, 0.2) is 0 Å². The van der Waals surface area contributed by atoms with Gasteiger partial charge in [-0.05, 0) is 17.7 Å². The van der Waals surface area contributed by atoms with Gasteiger partial charge in [-0.1, -0.05) is 12.1 Å². The van der Waals surface area contributed by atoms with Crippen molar-refractivity contribution in [2.24, 2.45) is 5.84 Å². The van der Waals surface area contributed by atoms with Gasteiger partial charge in [0.05, 0.1) is 0 Å². The second kappa shape index (κ2) is 4.67. The van der Waals surface area contributed by atoms with E-state index in [-0.39, 0.29) is 5.82 Å². The molecule has 3 N–H and O–H groups in total. The van der Waals surface area contributed by atoms with Crippen LogP contribution in [0.1, 0.15) is 11.4 Å². The lowest BCUT2D eigenvalue weighted by atomic mass is 10.1. The highest BCUT2D eigenvalue weighted by atomic mass is 19.1. The van der Waals surface area contributed by atoms with Gasteiger partial charge in [0.25, 0.3) is 0 Å². The zero-order chi connectivity index (χ0) is 11.4. The third kappa shape index (κ3) is 2.52. The Kier molecular flexibility index (Phi) is 3.07. The number of hydrogen-bond acceptors (Lipinski definition) is 4. The average Bonchev–Trinajstić information content (AvgIpc) is 2.29. The van der Waals surface area contributed by atoms with Crippen molar-refractivity contribution in [2.75, 3.05) is 5.43 Å². The molecule has 1 aromatic heterocycles. The fraction of sp³-hybridized carbons (Fsp3) is 0.0909. The Bertz CT molecular complexity index is 487. The molecular formula is C11H11FN4. The fourth-order valence-electron chi connectivity index (χ4n) is 1.39. The maximum atomic E-state index is 12.9. The molecular weight excluding hydrogens is 207 g/mol. The lowest BCUT2D eigenvalue weighted by Gasteiger charge is -2.03. The largest absolute Gasteiger partial charge is 0.308 e. The first-order chi connectivity index (χ1) is 7.78. The van der Waals surface area contributed by atoms with Crippen LogP contribution in [-0.2, 0) is 6.42 Å². The first-order valence-electron chi connectivity index (χ1n) is 4.81. The van der Waals surface area contributed by atoms with E-state index in [1.807, 2.05) is 6.07 Å². The summed E-state index contributed by atoms with van der Waals surface area (Å²) in [4.78, 5) is 8.23. The van der Waals surface area contributed by atoms with Gasteiger partial charge in [0, 0.05) is 18.7 Å². The van der Waals surface area contributed by atoms with Crippen LogP contribution in [0.3, 0.4) is 0 Å². The van der Waals surface area contributed by atoms with Crippen LogP contribution < -0.4 is 11.3 Å². The van der Waals surface area contributed by atoms with Gasteiger partial charge >= 0.3 is 0 Å². The molecule has 0 bridgehead atoms. The molecule has 82 valence electrons. The maximum absolute atomic E-state index is 12.9. The predicted octanol–water partition coefficient (Wildman–Crippen LogP) is 1.49. The van der Waals surface area contributed by atoms with Crippen LogP contribution in [0.15, 0.2) is 36.5 Å². The van der Waals surface area contributed by atoms with E-state index in [9.17, 15) is 4.39 Å². The minimum atomic E-state index is -0.259. The molecule has 0 saturated carbocycles. The van der Waals surface area contributed by atoms with Gasteiger partial charge in [-0.3, -0.25) is 0 Å². The number of nitrogens with two attached hydrogens (primary N) is 1. The number of nitrogen functional groups attached to an aromatic ring is 1. The van der Waals surface area contributed by atoms with Crippen molar-refractivity contribution < 1.29 is 4.39 Å². The minimum Gasteiger partial charge on any atom is -0.308 e. The number of rotatable bonds is 3. The highest BCUT2D eigenvalue weighted by Crippen LogP contribution is 2.09. The van der Waals surface area contributed by atoms with E-state index in [4.69, 9.17) is 5.84 Å². The summed E-state index contributed by atoms with van der Waals surface area (Å²) in [5.41, 5.74) is 3.27. The molecule has 2 rings (SSSR count). The van der Waals surface area contributed by atoms with Crippen LogP contribution in [0.5, 0.6) is 0 Å². The van der Waals surface area contributed by atoms with Crippen LogP contribution in [0.4, 0.5) is 10.2 Å². The second-order valence-electron chi connectivity index (χ2n) is 3.31. The predicted molar refractivity (Wildman–Crippen MR) is 59.0 cm³/mol. The van der Waals surface area contributed by atoms with Gasteiger partial charge in [-0.25, -0.2) is 20.2 Å². The molecule has 0 fully saturated rings. The molecule has 0 unspecified atom stereocenters. The van der Waals surface area contributed by atoms with E-state index < -0.39 is 0 Å². The zero-order valence-electron chi connectivity index (χ0n) is 8.52. The number of nitrogens with one attached hydrogen (secondary N) is 1. The standard InChI is InChI=1S/C11H11FN4/c12-9-3-1-2-8(6-9)7-11-14-5-4-10(15-11)16-13/h1-6H,7,13H2,(H,14,15,16). The summed E-state index contributed by atoms with van der Waals surface area (Å²) in [5, 5.41) is 0. The zero-order valence-corrected chi connectivity index (χ0v) is 8.52. The number of aromatic nitrogens is 2. The Morgan fingerprint density at radius 2 is 2.19 bits per heavy atom. The molecule has 0 aliphatic carbocycles. The van der Waals surface area contributed by atoms with Crippen LogP contribution >= 0.6 is 0 Å². The van der Waals surface area contributed by atoms with Gasteiger partial charge in [0.2, 0.25) is 0 Å². The van der Waals surface area contributed by atoms with Gasteiger partial charge in [0.1, 0.15) is 17.5 Å². The molecule has 0 aliphatic rings. The summed E-state index contributed by atoms with van der Waals surface area (Å²) in [5.74, 6) is 6.12. The van der Waals surface area contributed by atoms with E-state index in [2.05, 4.69) is 15.4 Å². The lowest BCUT2D eigenvalue weighted by Crippen LogP contribution is -2.10. The number of hydrogen-bond donors (Lipinski definition) is 2. The first kappa shape index (κ1) is 10.5. The normalized spacial score (nSPS) is 10.1. The summed E-state index contributed by atoms with van der Waals surface area (Å²) in [6, 6.07) is 8.02. The van der Waals surface area contributed by atoms with Crippen LogP contribution in [0.25, 0.3) is 0 Å². The highest BCUT2D eigenvalue weighted by Gasteiger charge is 2.01. The fourth-order valence-corrected chi connectivity index (χ4v) is 1.39. The van der Waals surface area contributed by atoms with Crippen LogP contribution in [0.2, 0.25) is 0 Å². The van der Waals surface area contributed by atoms with Crippen LogP contribution in [-0.4, -0.2) is 9.97 Å². The Morgan fingerprint density at radius 1 is 1.31 bits per heavy atom. The third-order valence-electron chi connectivity index (χ3n) is 2.10. The molecule has 1 heterocycles. The number of halogens is 1. The van der Waals surface area contributed by atoms with Crippen molar-refractivity contribution in [2.45, 2.75) is 6.42 Å². The summed E-state index contributed by atoms with van der Waals surface area (Å²) in [7, 11) is 0.